The minimum atomic E-state index is -0.605. The molecule has 2 aromatic heterocycles. The topological polar surface area (TPSA) is 101 Å². The minimum Gasteiger partial charge on any atom is -0.365 e. The normalized spacial score (nSPS) is 10.6. The molecular formula is C22H16N4O2S. The number of nitrogens with one attached hydrogen (secondary N) is 1. The second-order valence-electron chi connectivity index (χ2n) is 6.52. The van der Waals surface area contributed by atoms with Crippen LogP contribution in [0.2, 0.25) is 0 Å². The summed E-state index contributed by atoms with van der Waals surface area (Å²) in [5.41, 5.74) is 8.60. The zero-order valence-corrected chi connectivity index (χ0v) is 16.3. The highest BCUT2D eigenvalue weighted by molar-refractivity contribution is 7.21. The second kappa shape index (κ2) is 7.26. The number of hydrogen-bond acceptors (Lipinski definition) is 5. The van der Waals surface area contributed by atoms with Crippen molar-refractivity contribution in [2.45, 2.75) is 6.92 Å². The molecule has 1 amide bonds. The SMILES string of the molecule is Cc1ccc(C#N)c(Nc2c(C(N)=O)sc3c2ccc(=O)n3-c2ccccc2)c1. The fourth-order valence-electron chi connectivity index (χ4n) is 3.19. The number of carbonyl (C=O) groups is 1. The lowest BCUT2D eigenvalue weighted by Crippen LogP contribution is -2.16. The summed E-state index contributed by atoms with van der Waals surface area (Å²) in [6, 6.07) is 19.9. The largest absolute Gasteiger partial charge is 0.365 e. The van der Waals surface area contributed by atoms with Gasteiger partial charge in [0.25, 0.3) is 11.5 Å². The van der Waals surface area contributed by atoms with Crippen LogP contribution in [0.3, 0.4) is 0 Å². The minimum absolute atomic E-state index is 0.208. The van der Waals surface area contributed by atoms with Gasteiger partial charge in [0.2, 0.25) is 0 Å². The molecule has 29 heavy (non-hydrogen) atoms. The summed E-state index contributed by atoms with van der Waals surface area (Å²) < 4.78 is 1.55. The summed E-state index contributed by atoms with van der Waals surface area (Å²) in [5, 5.41) is 13.3. The van der Waals surface area contributed by atoms with Gasteiger partial charge in [0, 0.05) is 11.5 Å². The Morgan fingerprint density at radius 3 is 2.59 bits per heavy atom. The summed E-state index contributed by atoms with van der Waals surface area (Å²) in [6.45, 7) is 1.92. The van der Waals surface area contributed by atoms with E-state index in [2.05, 4.69) is 11.4 Å². The zero-order chi connectivity index (χ0) is 20.5. The standard InChI is InChI=1S/C22H16N4O2S/c1-13-7-8-14(12-23)17(11-13)25-19-16-9-10-18(27)26(15-5-3-2-4-6-15)22(16)29-20(19)21(24)28/h2-11,25H,1H3,(H2,24,28). The maximum Gasteiger partial charge on any atom is 0.261 e. The lowest BCUT2D eigenvalue weighted by atomic mass is 10.1. The van der Waals surface area contributed by atoms with E-state index in [0.717, 1.165) is 16.9 Å². The number of primary amides is 1. The lowest BCUT2D eigenvalue weighted by Gasteiger charge is -2.11. The first-order valence-electron chi connectivity index (χ1n) is 8.81. The molecule has 142 valence electrons. The number of benzene rings is 2. The fraction of sp³-hybridized carbons (Fsp3) is 0.0455. The molecular weight excluding hydrogens is 384 g/mol. The highest BCUT2D eigenvalue weighted by atomic mass is 32.1. The Hall–Kier alpha value is -3.89. The number of carbonyl (C=O) groups excluding carboxylic acids is 1. The van der Waals surface area contributed by atoms with Gasteiger partial charge in [-0.1, -0.05) is 24.3 Å². The average Bonchev–Trinajstić information content (AvgIpc) is 3.07. The molecule has 6 nitrogen and oxygen atoms in total. The molecule has 0 radical (unpaired) electrons. The Morgan fingerprint density at radius 1 is 1.14 bits per heavy atom. The summed E-state index contributed by atoms with van der Waals surface area (Å²) >= 11 is 1.15. The van der Waals surface area contributed by atoms with E-state index in [-0.39, 0.29) is 5.56 Å². The van der Waals surface area contributed by atoms with E-state index < -0.39 is 5.91 Å². The highest BCUT2D eigenvalue weighted by Gasteiger charge is 2.21. The number of pyridine rings is 1. The Bertz CT molecular complexity index is 1350. The van der Waals surface area contributed by atoms with Crippen molar-refractivity contribution in [3.63, 3.8) is 0 Å². The third kappa shape index (κ3) is 3.26. The number of amides is 1. The Kier molecular flexibility index (Phi) is 4.63. The van der Waals surface area contributed by atoms with Crippen molar-refractivity contribution in [2.24, 2.45) is 5.73 Å². The molecule has 0 bridgehead atoms. The third-order valence-corrected chi connectivity index (χ3v) is 5.74. The van der Waals surface area contributed by atoms with Crippen molar-refractivity contribution in [3.8, 4) is 11.8 Å². The van der Waals surface area contributed by atoms with Gasteiger partial charge in [0.1, 0.15) is 15.8 Å². The number of para-hydroxylation sites is 1. The number of aromatic nitrogens is 1. The van der Waals surface area contributed by atoms with Gasteiger partial charge >= 0.3 is 0 Å². The Labute approximate surface area is 170 Å². The number of hydrogen-bond donors (Lipinski definition) is 2. The van der Waals surface area contributed by atoms with Gasteiger partial charge in [0.15, 0.2) is 0 Å². The molecule has 0 spiro atoms. The molecule has 0 unspecified atom stereocenters. The van der Waals surface area contributed by atoms with Gasteiger partial charge in [-0.3, -0.25) is 14.2 Å². The van der Waals surface area contributed by atoms with Gasteiger partial charge < -0.3 is 11.1 Å². The van der Waals surface area contributed by atoms with E-state index in [1.165, 1.54) is 6.07 Å². The van der Waals surface area contributed by atoms with Crippen LogP contribution in [0.1, 0.15) is 20.8 Å². The maximum absolute atomic E-state index is 12.6. The summed E-state index contributed by atoms with van der Waals surface area (Å²) in [6.07, 6.45) is 0. The van der Waals surface area contributed by atoms with Crippen LogP contribution in [-0.4, -0.2) is 10.5 Å². The third-order valence-electron chi connectivity index (χ3n) is 4.53. The highest BCUT2D eigenvalue weighted by Crippen LogP contribution is 2.38. The van der Waals surface area contributed by atoms with Crippen molar-refractivity contribution < 1.29 is 4.79 Å². The number of nitrogens with zero attached hydrogens (tertiary/aromatic N) is 2. The van der Waals surface area contributed by atoms with Gasteiger partial charge in [-0.05, 0) is 42.8 Å². The molecule has 4 rings (SSSR count). The lowest BCUT2D eigenvalue weighted by molar-refractivity contribution is 0.100. The molecule has 2 aromatic carbocycles. The Morgan fingerprint density at radius 2 is 1.90 bits per heavy atom. The molecule has 0 saturated carbocycles. The van der Waals surface area contributed by atoms with Crippen LogP contribution in [0.15, 0.2) is 65.5 Å². The van der Waals surface area contributed by atoms with Gasteiger partial charge in [-0.15, -0.1) is 11.3 Å². The monoisotopic (exact) mass is 400 g/mol. The fourth-order valence-corrected chi connectivity index (χ4v) is 4.32. The van der Waals surface area contributed by atoms with Crippen LogP contribution in [0.4, 0.5) is 11.4 Å². The molecule has 7 heteroatoms. The van der Waals surface area contributed by atoms with Gasteiger partial charge in [-0.25, -0.2) is 0 Å². The van der Waals surface area contributed by atoms with Crippen molar-refractivity contribution in [2.75, 3.05) is 5.32 Å². The molecule has 0 fully saturated rings. The Balaban J connectivity index is 1.99. The predicted octanol–water partition coefficient (Wildman–Crippen LogP) is 4.07. The van der Waals surface area contributed by atoms with Gasteiger partial charge in [-0.2, -0.15) is 5.26 Å². The number of thiophene rings is 1. The molecule has 0 saturated heterocycles. The van der Waals surface area contributed by atoms with Crippen LogP contribution in [0.5, 0.6) is 0 Å². The summed E-state index contributed by atoms with van der Waals surface area (Å²) in [7, 11) is 0. The first kappa shape index (κ1) is 18.5. The van der Waals surface area contributed by atoms with Crippen molar-refractivity contribution in [1.82, 2.24) is 4.57 Å². The molecule has 0 aliphatic rings. The number of anilines is 2. The van der Waals surface area contributed by atoms with E-state index in [1.54, 1.807) is 16.7 Å². The first-order valence-corrected chi connectivity index (χ1v) is 9.63. The van der Waals surface area contributed by atoms with Crippen molar-refractivity contribution in [1.29, 1.82) is 5.26 Å². The van der Waals surface area contributed by atoms with Crippen LogP contribution in [-0.2, 0) is 0 Å². The molecule has 0 aliphatic heterocycles. The predicted molar refractivity (Wildman–Crippen MR) is 115 cm³/mol. The number of nitriles is 1. The molecule has 0 atom stereocenters. The average molecular weight is 400 g/mol. The van der Waals surface area contributed by atoms with Crippen LogP contribution < -0.4 is 16.6 Å². The van der Waals surface area contributed by atoms with Crippen molar-refractivity contribution >= 4 is 38.8 Å². The van der Waals surface area contributed by atoms with Crippen LogP contribution in [0.25, 0.3) is 15.9 Å². The maximum atomic E-state index is 12.6. The summed E-state index contributed by atoms with van der Waals surface area (Å²) in [4.78, 5) is 25.7. The number of nitrogens with two attached hydrogens (primary N) is 1. The van der Waals surface area contributed by atoms with E-state index in [9.17, 15) is 14.9 Å². The quantitative estimate of drug-likeness (QED) is 0.539. The second-order valence-corrected chi connectivity index (χ2v) is 7.52. The molecule has 2 heterocycles. The van der Waals surface area contributed by atoms with Crippen LogP contribution >= 0.6 is 11.3 Å². The number of fused-ring (bicyclic) bond motifs is 1. The van der Waals surface area contributed by atoms with E-state index in [0.29, 0.717) is 37.7 Å². The van der Waals surface area contributed by atoms with Crippen molar-refractivity contribution in [3.05, 3.63) is 87.0 Å². The number of aryl methyl sites for hydroxylation is 1. The van der Waals surface area contributed by atoms with Gasteiger partial charge in [0.05, 0.1) is 22.6 Å². The van der Waals surface area contributed by atoms with E-state index in [4.69, 9.17) is 5.73 Å². The zero-order valence-electron chi connectivity index (χ0n) is 15.5. The molecule has 4 aromatic rings. The van der Waals surface area contributed by atoms with Crippen LogP contribution in [0, 0.1) is 18.3 Å². The smallest absolute Gasteiger partial charge is 0.261 e. The molecule has 0 aliphatic carbocycles. The van der Waals surface area contributed by atoms with E-state index in [1.807, 2.05) is 49.4 Å². The number of rotatable bonds is 4. The first-order chi connectivity index (χ1) is 14.0. The van der Waals surface area contributed by atoms with E-state index >= 15 is 0 Å². The molecule has 3 N–H and O–H groups in total. The summed E-state index contributed by atoms with van der Waals surface area (Å²) in [5.74, 6) is -0.605.